The van der Waals surface area contributed by atoms with Crippen LogP contribution in [0.1, 0.15) is 78.1 Å². The lowest BCUT2D eigenvalue weighted by atomic mass is 10.0. The molecule has 1 nitrogen and oxygen atoms in total. The van der Waals surface area contributed by atoms with Crippen LogP contribution in [0.4, 0.5) is 0 Å². The van der Waals surface area contributed by atoms with E-state index in [0.717, 1.165) is 6.04 Å². The summed E-state index contributed by atoms with van der Waals surface area (Å²) in [5, 5.41) is 3.67. The zero-order chi connectivity index (χ0) is 12.8. The second kappa shape index (κ2) is 13.8. The lowest BCUT2D eigenvalue weighted by Gasteiger charge is -2.17. The van der Waals surface area contributed by atoms with Crippen molar-refractivity contribution in [2.24, 2.45) is 0 Å². The van der Waals surface area contributed by atoms with Crippen molar-refractivity contribution in [2.45, 2.75) is 84.1 Å². The zero-order valence-corrected chi connectivity index (χ0v) is 12.1. The summed E-state index contributed by atoms with van der Waals surface area (Å²) >= 11 is 0. The monoisotopic (exact) mass is 239 g/mol. The Morgan fingerprint density at radius 1 is 0.941 bits per heavy atom. The van der Waals surface area contributed by atoms with Gasteiger partial charge in [-0.05, 0) is 38.6 Å². The summed E-state index contributed by atoms with van der Waals surface area (Å²) < 4.78 is 0. The molecule has 0 heterocycles. The first-order valence-electron chi connectivity index (χ1n) is 7.69. The van der Waals surface area contributed by atoms with Gasteiger partial charge in [-0.1, -0.05) is 52.0 Å². The standard InChI is InChI=1S/C16H33N/c1-4-7-8-9-10-11-12-14-16(13-5-2)17-15-6-3/h4,16-17H,1,5-15H2,2-3H3. The lowest BCUT2D eigenvalue weighted by Crippen LogP contribution is -2.29. The lowest BCUT2D eigenvalue weighted by molar-refractivity contribution is 0.427. The molecule has 17 heavy (non-hydrogen) atoms. The van der Waals surface area contributed by atoms with Crippen LogP contribution in [0, 0.1) is 0 Å². The molecule has 1 heteroatoms. The summed E-state index contributed by atoms with van der Waals surface area (Å²) in [5.41, 5.74) is 0. The van der Waals surface area contributed by atoms with Crippen LogP contribution >= 0.6 is 0 Å². The van der Waals surface area contributed by atoms with Crippen LogP contribution in [-0.4, -0.2) is 12.6 Å². The van der Waals surface area contributed by atoms with E-state index in [0.29, 0.717) is 0 Å². The third kappa shape index (κ3) is 12.0. The molecule has 1 atom stereocenters. The second-order valence-corrected chi connectivity index (χ2v) is 5.07. The summed E-state index contributed by atoms with van der Waals surface area (Å²) in [5.74, 6) is 0. The Morgan fingerprint density at radius 3 is 2.29 bits per heavy atom. The number of hydrogen-bond acceptors (Lipinski definition) is 1. The Kier molecular flexibility index (Phi) is 13.5. The SMILES string of the molecule is C=CCCCCCCCC(CCC)NCCC. The topological polar surface area (TPSA) is 12.0 Å². The van der Waals surface area contributed by atoms with Crippen molar-refractivity contribution in [3.63, 3.8) is 0 Å². The number of unbranched alkanes of at least 4 members (excludes halogenated alkanes) is 5. The fraction of sp³-hybridized carbons (Fsp3) is 0.875. The molecule has 1 unspecified atom stereocenters. The predicted octanol–water partition coefficient (Wildman–Crippen LogP) is 5.07. The van der Waals surface area contributed by atoms with Crippen LogP contribution in [0.15, 0.2) is 12.7 Å². The van der Waals surface area contributed by atoms with E-state index in [4.69, 9.17) is 0 Å². The molecule has 0 saturated carbocycles. The van der Waals surface area contributed by atoms with E-state index in [1.54, 1.807) is 0 Å². The molecule has 0 amide bonds. The smallest absolute Gasteiger partial charge is 0.00669 e. The zero-order valence-electron chi connectivity index (χ0n) is 12.1. The van der Waals surface area contributed by atoms with Crippen molar-refractivity contribution in [1.29, 1.82) is 0 Å². The number of rotatable bonds is 13. The Morgan fingerprint density at radius 2 is 1.65 bits per heavy atom. The highest BCUT2D eigenvalue weighted by Crippen LogP contribution is 2.11. The maximum absolute atomic E-state index is 3.76. The van der Waals surface area contributed by atoms with Crippen LogP contribution in [-0.2, 0) is 0 Å². The number of hydrogen-bond donors (Lipinski definition) is 1. The van der Waals surface area contributed by atoms with Crippen molar-refractivity contribution in [3.8, 4) is 0 Å². The maximum atomic E-state index is 3.76. The summed E-state index contributed by atoms with van der Waals surface area (Å²) in [6, 6.07) is 0.771. The number of nitrogens with one attached hydrogen (secondary N) is 1. The van der Waals surface area contributed by atoms with Gasteiger partial charge in [0.15, 0.2) is 0 Å². The summed E-state index contributed by atoms with van der Waals surface area (Å²) in [6.45, 7) is 9.48. The van der Waals surface area contributed by atoms with Crippen molar-refractivity contribution < 1.29 is 0 Å². The maximum Gasteiger partial charge on any atom is 0.00669 e. The molecule has 0 saturated heterocycles. The van der Waals surface area contributed by atoms with Gasteiger partial charge in [0.25, 0.3) is 0 Å². The highest BCUT2D eigenvalue weighted by molar-refractivity contribution is 4.67. The average molecular weight is 239 g/mol. The molecule has 0 aromatic heterocycles. The molecule has 0 aromatic carbocycles. The molecule has 0 aromatic rings. The van der Waals surface area contributed by atoms with Crippen LogP contribution in [0.25, 0.3) is 0 Å². The van der Waals surface area contributed by atoms with E-state index in [-0.39, 0.29) is 0 Å². The van der Waals surface area contributed by atoms with Crippen molar-refractivity contribution >= 4 is 0 Å². The highest BCUT2D eigenvalue weighted by atomic mass is 14.9. The molecular weight excluding hydrogens is 206 g/mol. The van der Waals surface area contributed by atoms with Gasteiger partial charge in [-0.2, -0.15) is 0 Å². The molecule has 0 aliphatic heterocycles. The molecule has 0 aliphatic carbocycles. The van der Waals surface area contributed by atoms with Gasteiger partial charge in [-0.15, -0.1) is 6.58 Å². The summed E-state index contributed by atoms with van der Waals surface area (Å²) in [6.07, 6.45) is 15.4. The third-order valence-electron chi connectivity index (χ3n) is 3.28. The van der Waals surface area contributed by atoms with Gasteiger partial charge in [-0.3, -0.25) is 0 Å². The fourth-order valence-electron chi connectivity index (χ4n) is 2.26. The van der Waals surface area contributed by atoms with E-state index < -0.39 is 0 Å². The molecule has 0 radical (unpaired) electrons. The van der Waals surface area contributed by atoms with E-state index in [1.165, 1.54) is 70.8 Å². The second-order valence-electron chi connectivity index (χ2n) is 5.07. The fourth-order valence-corrected chi connectivity index (χ4v) is 2.26. The Labute approximate surface area is 109 Å². The van der Waals surface area contributed by atoms with Gasteiger partial charge in [0.2, 0.25) is 0 Å². The van der Waals surface area contributed by atoms with Crippen molar-refractivity contribution in [2.75, 3.05) is 6.54 Å². The van der Waals surface area contributed by atoms with Gasteiger partial charge >= 0.3 is 0 Å². The first-order valence-corrected chi connectivity index (χ1v) is 7.69. The third-order valence-corrected chi connectivity index (χ3v) is 3.28. The average Bonchev–Trinajstić information content (AvgIpc) is 2.34. The summed E-state index contributed by atoms with van der Waals surface area (Å²) in [7, 11) is 0. The van der Waals surface area contributed by atoms with E-state index >= 15 is 0 Å². The molecule has 0 spiro atoms. The Hall–Kier alpha value is -0.300. The van der Waals surface area contributed by atoms with Crippen LogP contribution in [0.2, 0.25) is 0 Å². The van der Waals surface area contributed by atoms with Gasteiger partial charge in [0.05, 0.1) is 0 Å². The van der Waals surface area contributed by atoms with E-state index in [9.17, 15) is 0 Å². The van der Waals surface area contributed by atoms with Crippen molar-refractivity contribution in [1.82, 2.24) is 5.32 Å². The first kappa shape index (κ1) is 16.7. The molecule has 0 fully saturated rings. The predicted molar refractivity (Wildman–Crippen MR) is 79.5 cm³/mol. The first-order chi connectivity index (χ1) is 8.35. The molecule has 0 aliphatic rings. The highest BCUT2D eigenvalue weighted by Gasteiger charge is 2.05. The Bertz CT molecular complexity index is 154. The molecule has 1 N–H and O–H groups in total. The normalized spacial score (nSPS) is 12.6. The van der Waals surface area contributed by atoms with Crippen LogP contribution < -0.4 is 5.32 Å². The van der Waals surface area contributed by atoms with E-state index in [2.05, 4.69) is 25.7 Å². The quantitative estimate of drug-likeness (QED) is 0.349. The molecule has 102 valence electrons. The van der Waals surface area contributed by atoms with Crippen molar-refractivity contribution in [3.05, 3.63) is 12.7 Å². The van der Waals surface area contributed by atoms with Gasteiger partial charge in [0.1, 0.15) is 0 Å². The van der Waals surface area contributed by atoms with Crippen LogP contribution in [0.3, 0.4) is 0 Å². The molecule has 0 bridgehead atoms. The van der Waals surface area contributed by atoms with Gasteiger partial charge < -0.3 is 5.32 Å². The van der Waals surface area contributed by atoms with Crippen LogP contribution in [0.5, 0.6) is 0 Å². The van der Waals surface area contributed by atoms with Gasteiger partial charge in [-0.25, -0.2) is 0 Å². The van der Waals surface area contributed by atoms with E-state index in [1.807, 2.05) is 6.08 Å². The minimum Gasteiger partial charge on any atom is -0.314 e. The molecular formula is C16H33N. The minimum absolute atomic E-state index is 0.771. The largest absolute Gasteiger partial charge is 0.314 e. The molecule has 0 rings (SSSR count). The van der Waals surface area contributed by atoms with Gasteiger partial charge in [0, 0.05) is 6.04 Å². The Balaban J connectivity index is 3.36. The number of allylic oxidation sites excluding steroid dienone is 1. The minimum atomic E-state index is 0.771. The summed E-state index contributed by atoms with van der Waals surface area (Å²) in [4.78, 5) is 0.